The Morgan fingerprint density at radius 1 is 1.31 bits per heavy atom. The van der Waals surface area contributed by atoms with Crippen LogP contribution in [0.25, 0.3) is 0 Å². The van der Waals surface area contributed by atoms with Gasteiger partial charge in [0.1, 0.15) is 12.4 Å². The van der Waals surface area contributed by atoms with Gasteiger partial charge in [0.2, 0.25) is 11.8 Å². The van der Waals surface area contributed by atoms with Crippen LogP contribution in [0.2, 0.25) is 5.02 Å². The van der Waals surface area contributed by atoms with Crippen LogP contribution in [0.15, 0.2) is 35.7 Å². The first-order valence-electron chi connectivity index (χ1n) is 9.92. The lowest BCUT2D eigenvalue weighted by Crippen LogP contribution is -2.49. The van der Waals surface area contributed by atoms with Gasteiger partial charge in [0.25, 0.3) is 0 Å². The molecule has 3 rings (SSSR count). The van der Waals surface area contributed by atoms with E-state index in [1.165, 1.54) is 11.8 Å². The van der Waals surface area contributed by atoms with Gasteiger partial charge in [-0.3, -0.25) is 9.59 Å². The molecule has 1 aliphatic heterocycles. The summed E-state index contributed by atoms with van der Waals surface area (Å²) in [6.45, 7) is 6.61. The van der Waals surface area contributed by atoms with Crippen LogP contribution in [0.3, 0.4) is 0 Å². The number of ether oxygens (including phenoxy) is 1. The maximum atomic E-state index is 13.2. The summed E-state index contributed by atoms with van der Waals surface area (Å²) in [7, 11) is 0. The minimum Gasteiger partial charge on any atom is -0.491 e. The second-order valence-electron chi connectivity index (χ2n) is 7.32. The number of hydrogen-bond donors (Lipinski definition) is 0. The van der Waals surface area contributed by atoms with Crippen LogP contribution in [0.4, 0.5) is 0 Å². The summed E-state index contributed by atoms with van der Waals surface area (Å²) in [5.74, 6) is 0.603. The van der Waals surface area contributed by atoms with Crippen molar-refractivity contribution in [3.05, 3.63) is 51.2 Å². The molecule has 5 nitrogen and oxygen atoms in total. The Balaban J connectivity index is 1.77. The highest BCUT2D eigenvalue weighted by Gasteiger charge is 2.33. The standard InChI is InChI=1S/C22H27ClN2O3S/c1-4-15(2)25(16(3)26)13-22(27)24-11-9-21-19(10-12-29-21)20(24)14-28-18-7-5-17(23)6-8-18/h5-8,10,12,15,20H,4,9,11,13-14H2,1-3H3/t15-,20-/m0/s1. The molecule has 1 aromatic carbocycles. The number of thiophene rings is 1. The number of carbonyl (C=O) groups excluding carboxylic acids is 2. The second kappa shape index (κ2) is 9.63. The van der Waals surface area contributed by atoms with E-state index in [9.17, 15) is 9.59 Å². The van der Waals surface area contributed by atoms with Gasteiger partial charge in [0, 0.05) is 29.4 Å². The van der Waals surface area contributed by atoms with Crippen molar-refractivity contribution in [1.82, 2.24) is 9.80 Å². The first kappa shape index (κ1) is 21.7. The molecule has 0 saturated carbocycles. The summed E-state index contributed by atoms with van der Waals surface area (Å²) >= 11 is 7.67. The Morgan fingerprint density at radius 3 is 2.69 bits per heavy atom. The molecule has 1 aromatic heterocycles. The molecule has 7 heteroatoms. The highest BCUT2D eigenvalue weighted by Crippen LogP contribution is 2.34. The third kappa shape index (κ3) is 5.11. The van der Waals surface area contributed by atoms with Crippen molar-refractivity contribution < 1.29 is 14.3 Å². The number of hydrogen-bond acceptors (Lipinski definition) is 4. The molecule has 0 saturated heterocycles. The Kier molecular flexibility index (Phi) is 7.19. The van der Waals surface area contributed by atoms with Crippen molar-refractivity contribution in [2.75, 3.05) is 19.7 Å². The molecule has 0 radical (unpaired) electrons. The molecule has 0 bridgehead atoms. The lowest BCUT2D eigenvalue weighted by Gasteiger charge is -2.37. The largest absolute Gasteiger partial charge is 0.491 e. The van der Waals surface area contributed by atoms with E-state index in [4.69, 9.17) is 16.3 Å². The fourth-order valence-corrected chi connectivity index (χ4v) is 4.67. The molecule has 156 valence electrons. The Bertz CT molecular complexity index is 852. The topological polar surface area (TPSA) is 49.9 Å². The number of carbonyl (C=O) groups is 2. The van der Waals surface area contributed by atoms with Gasteiger partial charge in [-0.2, -0.15) is 0 Å². The molecule has 2 aromatic rings. The van der Waals surface area contributed by atoms with Gasteiger partial charge in [-0.25, -0.2) is 0 Å². The van der Waals surface area contributed by atoms with E-state index in [1.54, 1.807) is 28.4 Å². The van der Waals surface area contributed by atoms with E-state index >= 15 is 0 Å². The van der Waals surface area contributed by atoms with E-state index in [2.05, 4.69) is 11.4 Å². The van der Waals surface area contributed by atoms with E-state index in [0.717, 1.165) is 18.4 Å². The number of rotatable bonds is 7. The number of nitrogens with zero attached hydrogens (tertiary/aromatic N) is 2. The normalized spacial score (nSPS) is 16.8. The minimum atomic E-state index is -0.168. The van der Waals surface area contributed by atoms with Crippen LogP contribution in [0.1, 0.15) is 43.7 Å². The number of halogens is 1. The van der Waals surface area contributed by atoms with Crippen LogP contribution in [-0.2, 0) is 16.0 Å². The van der Waals surface area contributed by atoms with Crippen LogP contribution in [0.5, 0.6) is 5.75 Å². The van der Waals surface area contributed by atoms with Crippen molar-refractivity contribution in [2.45, 2.75) is 45.7 Å². The fraction of sp³-hybridized carbons (Fsp3) is 0.455. The smallest absolute Gasteiger partial charge is 0.242 e. The van der Waals surface area contributed by atoms with Crippen molar-refractivity contribution in [2.24, 2.45) is 0 Å². The van der Waals surface area contributed by atoms with Gasteiger partial charge < -0.3 is 14.5 Å². The Morgan fingerprint density at radius 2 is 2.03 bits per heavy atom. The van der Waals surface area contributed by atoms with Gasteiger partial charge in [-0.05, 0) is 61.0 Å². The van der Waals surface area contributed by atoms with Gasteiger partial charge in [0.15, 0.2) is 0 Å². The summed E-state index contributed by atoms with van der Waals surface area (Å²) in [5, 5.41) is 2.72. The van der Waals surface area contributed by atoms with E-state index in [0.29, 0.717) is 23.9 Å². The molecule has 0 unspecified atom stereocenters. The summed E-state index contributed by atoms with van der Waals surface area (Å²) in [6, 6.07) is 9.16. The SMILES string of the molecule is CC[C@H](C)N(CC(=O)N1CCc2sccc2[C@@H]1COc1ccc(Cl)cc1)C(C)=O. The Labute approximate surface area is 181 Å². The summed E-state index contributed by atoms with van der Waals surface area (Å²) < 4.78 is 6.00. The number of benzene rings is 1. The van der Waals surface area contributed by atoms with Crippen LogP contribution < -0.4 is 4.74 Å². The molecule has 2 amide bonds. The molecule has 0 aliphatic carbocycles. The first-order valence-corrected chi connectivity index (χ1v) is 11.2. The van der Waals surface area contributed by atoms with E-state index < -0.39 is 0 Å². The van der Waals surface area contributed by atoms with E-state index in [1.807, 2.05) is 30.9 Å². The zero-order valence-corrected chi connectivity index (χ0v) is 18.6. The molecule has 0 N–H and O–H groups in total. The van der Waals surface area contributed by atoms with Gasteiger partial charge in [-0.1, -0.05) is 18.5 Å². The maximum Gasteiger partial charge on any atom is 0.242 e. The van der Waals surface area contributed by atoms with Crippen molar-refractivity contribution in [3.63, 3.8) is 0 Å². The Hall–Kier alpha value is -2.05. The molecule has 2 atom stereocenters. The highest BCUT2D eigenvalue weighted by molar-refractivity contribution is 7.10. The molecule has 29 heavy (non-hydrogen) atoms. The summed E-state index contributed by atoms with van der Waals surface area (Å²) in [5.41, 5.74) is 1.14. The minimum absolute atomic E-state index is 0.0294. The van der Waals surface area contributed by atoms with Crippen molar-refractivity contribution >= 4 is 34.8 Å². The quantitative estimate of drug-likeness (QED) is 0.642. The molecule has 1 aliphatic rings. The van der Waals surface area contributed by atoms with Gasteiger partial charge in [0.05, 0.1) is 12.6 Å². The van der Waals surface area contributed by atoms with Crippen molar-refractivity contribution in [1.29, 1.82) is 0 Å². The lowest BCUT2D eigenvalue weighted by molar-refractivity contribution is -0.143. The van der Waals surface area contributed by atoms with Crippen LogP contribution >= 0.6 is 22.9 Å². The zero-order chi connectivity index (χ0) is 21.0. The molecular weight excluding hydrogens is 408 g/mol. The molecule has 2 heterocycles. The lowest BCUT2D eigenvalue weighted by atomic mass is 10.00. The van der Waals surface area contributed by atoms with Crippen LogP contribution in [0, 0.1) is 0 Å². The average molecular weight is 435 g/mol. The third-order valence-electron chi connectivity index (χ3n) is 5.47. The van der Waals surface area contributed by atoms with Gasteiger partial charge in [-0.15, -0.1) is 11.3 Å². The fourth-order valence-electron chi connectivity index (χ4n) is 3.62. The average Bonchev–Trinajstić information content (AvgIpc) is 3.19. The van der Waals surface area contributed by atoms with Crippen molar-refractivity contribution in [3.8, 4) is 5.75 Å². The summed E-state index contributed by atoms with van der Waals surface area (Å²) in [4.78, 5) is 30.1. The maximum absolute atomic E-state index is 13.2. The van der Waals surface area contributed by atoms with Gasteiger partial charge >= 0.3 is 0 Å². The zero-order valence-electron chi connectivity index (χ0n) is 17.1. The second-order valence-corrected chi connectivity index (χ2v) is 8.76. The molecular formula is C22H27ClN2O3S. The number of fused-ring (bicyclic) bond motifs is 1. The first-order chi connectivity index (χ1) is 13.9. The summed E-state index contributed by atoms with van der Waals surface area (Å²) in [6.07, 6.45) is 1.64. The molecule has 0 spiro atoms. The number of amides is 2. The predicted octanol–water partition coefficient (Wildman–Crippen LogP) is 4.55. The van der Waals surface area contributed by atoms with E-state index in [-0.39, 0.29) is 30.4 Å². The van der Waals surface area contributed by atoms with Crippen LogP contribution in [-0.4, -0.2) is 47.4 Å². The third-order valence-corrected chi connectivity index (χ3v) is 6.72. The monoisotopic (exact) mass is 434 g/mol. The predicted molar refractivity (Wildman–Crippen MR) is 117 cm³/mol. The molecule has 0 fully saturated rings. The highest BCUT2D eigenvalue weighted by atomic mass is 35.5.